The fraction of sp³-hybridized carbons (Fsp3) is 0.400. The van der Waals surface area contributed by atoms with Crippen molar-refractivity contribution in [2.24, 2.45) is 10.7 Å². The first-order valence-electron chi connectivity index (χ1n) is 9.15. The Morgan fingerprint density at radius 2 is 2.15 bits per heavy atom. The van der Waals surface area contributed by atoms with Gasteiger partial charge in [0, 0.05) is 17.0 Å². The normalized spacial score (nSPS) is 22.1. The zero-order valence-corrected chi connectivity index (χ0v) is 16.8. The minimum atomic E-state index is -0.706. The number of nitrogens with zero attached hydrogens (tertiary/aromatic N) is 1. The van der Waals surface area contributed by atoms with Crippen molar-refractivity contribution in [1.29, 1.82) is 0 Å². The van der Waals surface area contributed by atoms with E-state index in [-0.39, 0.29) is 11.7 Å². The summed E-state index contributed by atoms with van der Waals surface area (Å²) < 4.78 is 14.5. The predicted octanol–water partition coefficient (Wildman–Crippen LogP) is 4.69. The van der Waals surface area contributed by atoms with E-state index in [2.05, 4.69) is 15.7 Å². The van der Waals surface area contributed by atoms with E-state index in [9.17, 15) is 9.18 Å². The Kier molecular flexibility index (Phi) is 4.99. The molecule has 1 aliphatic carbocycles. The van der Waals surface area contributed by atoms with Crippen LogP contribution in [0.15, 0.2) is 28.6 Å². The SMILES string of the molecule is C[C@@]1(c2cc(NC(=O)c3scc4c3CCCC4)ccc2F)CCSC(N)=N1. The number of benzene rings is 1. The predicted molar refractivity (Wildman–Crippen MR) is 111 cm³/mol. The van der Waals surface area contributed by atoms with Crippen molar-refractivity contribution in [3.8, 4) is 0 Å². The molecule has 2 aromatic rings. The molecule has 27 heavy (non-hydrogen) atoms. The van der Waals surface area contributed by atoms with E-state index in [1.54, 1.807) is 12.1 Å². The number of halogens is 1. The number of hydrogen-bond donors (Lipinski definition) is 2. The Hall–Kier alpha value is -1.86. The molecule has 1 aromatic carbocycles. The lowest BCUT2D eigenvalue weighted by molar-refractivity contribution is 0.102. The van der Waals surface area contributed by atoms with E-state index in [0.717, 1.165) is 29.9 Å². The number of aryl methyl sites for hydroxylation is 1. The summed E-state index contributed by atoms with van der Waals surface area (Å²) in [5.41, 5.74) is 8.70. The Morgan fingerprint density at radius 1 is 1.33 bits per heavy atom. The first-order chi connectivity index (χ1) is 13.0. The molecule has 2 aliphatic rings. The maximum atomic E-state index is 14.5. The highest BCUT2D eigenvalue weighted by Gasteiger charge is 2.32. The lowest BCUT2D eigenvalue weighted by atomic mass is 9.89. The average molecular weight is 404 g/mol. The fourth-order valence-electron chi connectivity index (χ4n) is 3.79. The molecule has 0 radical (unpaired) electrons. The monoisotopic (exact) mass is 403 g/mol. The molecule has 4 rings (SSSR count). The van der Waals surface area contributed by atoms with Crippen LogP contribution in [0.25, 0.3) is 0 Å². The maximum absolute atomic E-state index is 14.5. The van der Waals surface area contributed by atoms with Gasteiger partial charge in [0.15, 0.2) is 5.17 Å². The maximum Gasteiger partial charge on any atom is 0.266 e. The number of thioether (sulfide) groups is 1. The van der Waals surface area contributed by atoms with Crippen LogP contribution in [0.4, 0.5) is 10.1 Å². The highest BCUT2D eigenvalue weighted by atomic mass is 32.2. The quantitative estimate of drug-likeness (QED) is 0.782. The van der Waals surface area contributed by atoms with E-state index in [1.165, 1.54) is 46.7 Å². The number of nitrogens with one attached hydrogen (secondary N) is 1. The van der Waals surface area contributed by atoms with Crippen LogP contribution in [0.3, 0.4) is 0 Å². The molecule has 1 amide bonds. The minimum absolute atomic E-state index is 0.118. The summed E-state index contributed by atoms with van der Waals surface area (Å²) in [5, 5.41) is 5.52. The Bertz CT molecular complexity index is 924. The largest absolute Gasteiger partial charge is 0.379 e. The minimum Gasteiger partial charge on any atom is -0.379 e. The Morgan fingerprint density at radius 3 is 2.96 bits per heavy atom. The highest BCUT2D eigenvalue weighted by Crippen LogP contribution is 2.37. The molecule has 0 spiro atoms. The lowest BCUT2D eigenvalue weighted by Gasteiger charge is -2.30. The Balaban J connectivity index is 1.61. The van der Waals surface area contributed by atoms with Gasteiger partial charge in [0.1, 0.15) is 5.82 Å². The highest BCUT2D eigenvalue weighted by molar-refractivity contribution is 8.13. The zero-order valence-electron chi connectivity index (χ0n) is 15.2. The number of carbonyl (C=O) groups excluding carboxylic acids is 1. The van der Waals surface area contributed by atoms with Crippen LogP contribution >= 0.6 is 23.1 Å². The molecular weight excluding hydrogens is 381 g/mol. The number of nitrogens with two attached hydrogens (primary N) is 1. The lowest BCUT2D eigenvalue weighted by Crippen LogP contribution is -2.29. The van der Waals surface area contributed by atoms with Crippen LogP contribution in [0.5, 0.6) is 0 Å². The third-order valence-corrected chi connectivity index (χ3v) is 7.18. The number of rotatable bonds is 3. The van der Waals surface area contributed by atoms with Gasteiger partial charge in [-0.3, -0.25) is 9.79 Å². The van der Waals surface area contributed by atoms with Crippen molar-refractivity contribution in [3.05, 3.63) is 51.0 Å². The zero-order chi connectivity index (χ0) is 19.0. The summed E-state index contributed by atoms with van der Waals surface area (Å²) in [7, 11) is 0. The van der Waals surface area contributed by atoms with Crippen molar-refractivity contribution >= 4 is 39.9 Å². The van der Waals surface area contributed by atoms with Gasteiger partial charge >= 0.3 is 0 Å². The van der Waals surface area contributed by atoms with Crippen molar-refractivity contribution in [1.82, 2.24) is 0 Å². The second-order valence-corrected chi connectivity index (χ2v) is 9.24. The number of carbonyl (C=O) groups is 1. The molecule has 1 aliphatic heterocycles. The van der Waals surface area contributed by atoms with Gasteiger partial charge in [-0.15, -0.1) is 11.3 Å². The van der Waals surface area contributed by atoms with Crippen molar-refractivity contribution in [2.45, 2.75) is 44.6 Å². The molecule has 0 saturated heterocycles. The van der Waals surface area contributed by atoms with Gasteiger partial charge < -0.3 is 11.1 Å². The van der Waals surface area contributed by atoms with Crippen molar-refractivity contribution in [3.63, 3.8) is 0 Å². The number of amidine groups is 1. The van der Waals surface area contributed by atoms with Crippen LogP contribution in [0.1, 0.15) is 52.5 Å². The summed E-state index contributed by atoms with van der Waals surface area (Å²) in [6, 6.07) is 4.69. The molecule has 2 heterocycles. The van der Waals surface area contributed by atoms with Crippen molar-refractivity contribution < 1.29 is 9.18 Å². The molecular formula is C20H22FN3OS2. The second kappa shape index (κ2) is 7.28. The first kappa shape index (κ1) is 18.5. The average Bonchev–Trinajstić information content (AvgIpc) is 3.07. The van der Waals surface area contributed by atoms with Gasteiger partial charge in [0.05, 0.1) is 10.4 Å². The van der Waals surface area contributed by atoms with Gasteiger partial charge in [-0.05, 0) is 73.7 Å². The third kappa shape index (κ3) is 3.62. The van der Waals surface area contributed by atoms with Gasteiger partial charge in [0.2, 0.25) is 0 Å². The van der Waals surface area contributed by atoms with E-state index in [4.69, 9.17) is 5.73 Å². The van der Waals surface area contributed by atoms with Crippen LogP contribution in [0.2, 0.25) is 0 Å². The van der Waals surface area contributed by atoms with Gasteiger partial charge in [0.25, 0.3) is 5.91 Å². The number of hydrogen-bond acceptors (Lipinski definition) is 5. The Labute approximate surface area is 166 Å². The molecule has 3 N–H and O–H groups in total. The molecule has 7 heteroatoms. The van der Waals surface area contributed by atoms with Gasteiger partial charge in [-0.1, -0.05) is 11.8 Å². The van der Waals surface area contributed by atoms with Crippen LogP contribution in [-0.2, 0) is 18.4 Å². The van der Waals surface area contributed by atoms with Crippen molar-refractivity contribution in [2.75, 3.05) is 11.1 Å². The van der Waals surface area contributed by atoms with Gasteiger partial charge in [-0.25, -0.2) is 4.39 Å². The molecule has 4 nitrogen and oxygen atoms in total. The summed E-state index contributed by atoms with van der Waals surface area (Å²) in [6.07, 6.45) is 5.02. The number of fused-ring (bicyclic) bond motifs is 1. The van der Waals surface area contributed by atoms with Crippen LogP contribution in [-0.4, -0.2) is 16.8 Å². The number of thiophene rings is 1. The summed E-state index contributed by atoms with van der Waals surface area (Å²) in [4.78, 5) is 18.1. The second-order valence-electron chi connectivity index (χ2n) is 7.25. The van der Waals surface area contributed by atoms with Gasteiger partial charge in [-0.2, -0.15) is 0 Å². The third-order valence-electron chi connectivity index (χ3n) is 5.31. The number of anilines is 1. The molecule has 1 atom stereocenters. The number of aliphatic imine (C=N–C) groups is 1. The van der Waals surface area contributed by atoms with E-state index < -0.39 is 5.54 Å². The van der Waals surface area contributed by atoms with Crippen LogP contribution in [0, 0.1) is 5.82 Å². The summed E-state index contributed by atoms with van der Waals surface area (Å²) in [6.45, 7) is 1.89. The standard InChI is InChI=1S/C20H22FN3OS2/c1-20(8-9-26-19(22)24-20)15-10-13(6-7-16(15)21)23-18(25)17-14-5-3-2-4-12(14)11-27-17/h6-7,10-11H,2-5,8-9H2,1H3,(H2,22,24)(H,23,25)/t20-/m0/s1. The van der Waals surface area contributed by atoms with E-state index in [0.29, 0.717) is 22.8 Å². The topological polar surface area (TPSA) is 67.5 Å². The molecule has 0 bridgehead atoms. The molecule has 0 unspecified atom stereocenters. The first-order valence-corrected chi connectivity index (χ1v) is 11.0. The molecule has 0 fully saturated rings. The van der Waals surface area contributed by atoms with E-state index >= 15 is 0 Å². The molecule has 1 aromatic heterocycles. The van der Waals surface area contributed by atoms with Crippen LogP contribution < -0.4 is 11.1 Å². The summed E-state index contributed by atoms with van der Waals surface area (Å²) >= 11 is 2.98. The smallest absolute Gasteiger partial charge is 0.266 e. The number of amides is 1. The fourth-order valence-corrected chi connectivity index (χ4v) is 5.82. The molecule has 142 valence electrons. The van der Waals surface area contributed by atoms with E-state index in [1.807, 2.05) is 6.92 Å². The molecule has 0 saturated carbocycles. The summed E-state index contributed by atoms with van der Waals surface area (Å²) in [5.74, 6) is 0.351.